The van der Waals surface area contributed by atoms with E-state index < -0.39 is 29.6 Å². The number of rotatable bonds is 4. The number of halogens is 3. The number of aryl methyl sites for hydroxylation is 1. The van der Waals surface area contributed by atoms with Gasteiger partial charge in [0.15, 0.2) is 5.69 Å². The number of amides is 2. The van der Waals surface area contributed by atoms with E-state index in [1.54, 1.807) is 6.92 Å². The van der Waals surface area contributed by atoms with Crippen molar-refractivity contribution in [3.8, 4) is 0 Å². The molecule has 0 fully saturated rings. The quantitative estimate of drug-likeness (QED) is 0.871. The van der Waals surface area contributed by atoms with Crippen LogP contribution < -0.4 is 10.6 Å². The fourth-order valence-corrected chi connectivity index (χ4v) is 2.39. The van der Waals surface area contributed by atoms with E-state index in [1.807, 2.05) is 0 Å². The minimum atomic E-state index is -4.55. The van der Waals surface area contributed by atoms with Gasteiger partial charge in [-0.2, -0.15) is 13.2 Å². The van der Waals surface area contributed by atoms with Gasteiger partial charge in [-0.3, -0.25) is 14.6 Å². The molecule has 1 aromatic heterocycles. The molecule has 1 unspecified atom stereocenters. The first kappa shape index (κ1) is 19.4. The molecule has 26 heavy (non-hydrogen) atoms. The van der Waals surface area contributed by atoms with Gasteiger partial charge in [0, 0.05) is 25.0 Å². The van der Waals surface area contributed by atoms with Gasteiger partial charge in [-0.25, -0.2) is 4.98 Å². The van der Waals surface area contributed by atoms with E-state index in [0.717, 1.165) is 12.1 Å². The molecule has 1 heterocycles. The van der Waals surface area contributed by atoms with Crippen molar-refractivity contribution >= 4 is 11.8 Å². The maximum absolute atomic E-state index is 12.9. The van der Waals surface area contributed by atoms with Crippen molar-refractivity contribution in [2.75, 3.05) is 7.05 Å². The van der Waals surface area contributed by atoms with E-state index in [0.29, 0.717) is 5.56 Å². The Morgan fingerprint density at radius 2 is 1.73 bits per heavy atom. The van der Waals surface area contributed by atoms with Gasteiger partial charge in [-0.1, -0.05) is 0 Å². The molecular formula is C17H17F3N4O2. The molecule has 0 radical (unpaired) electrons. The first-order chi connectivity index (χ1) is 12.1. The molecule has 2 rings (SSSR count). The molecule has 2 N–H and O–H groups in total. The van der Waals surface area contributed by atoms with Crippen LogP contribution in [-0.4, -0.2) is 28.8 Å². The average molecular weight is 366 g/mol. The summed E-state index contributed by atoms with van der Waals surface area (Å²) in [6.07, 6.45) is -1.86. The Bertz CT molecular complexity index is 837. The summed E-state index contributed by atoms with van der Waals surface area (Å²) in [4.78, 5) is 32.2. The molecule has 0 saturated heterocycles. The highest BCUT2D eigenvalue weighted by Gasteiger charge is 2.31. The number of aromatic nitrogens is 2. The van der Waals surface area contributed by atoms with Gasteiger partial charge in [-0.05, 0) is 37.6 Å². The summed E-state index contributed by atoms with van der Waals surface area (Å²) in [5, 5.41) is 4.96. The number of nitrogens with one attached hydrogen (secondary N) is 2. The molecule has 6 nitrogen and oxygen atoms in total. The van der Waals surface area contributed by atoms with Crippen LogP contribution in [0.25, 0.3) is 0 Å². The maximum Gasteiger partial charge on any atom is 0.416 e. The van der Waals surface area contributed by atoms with Crippen LogP contribution in [0.2, 0.25) is 0 Å². The number of carbonyl (C=O) groups excluding carboxylic acids is 2. The smallest absolute Gasteiger partial charge is 0.354 e. The zero-order valence-electron chi connectivity index (χ0n) is 14.3. The van der Waals surface area contributed by atoms with Crippen molar-refractivity contribution in [3.63, 3.8) is 0 Å². The first-order valence-electron chi connectivity index (χ1n) is 7.66. The molecule has 0 saturated carbocycles. The molecular weight excluding hydrogens is 349 g/mol. The Hall–Kier alpha value is -2.97. The Morgan fingerprint density at radius 1 is 1.08 bits per heavy atom. The average Bonchev–Trinajstić information content (AvgIpc) is 2.59. The molecule has 0 aliphatic rings. The SMILES string of the molecule is CNC(=O)c1nccnc1C(C)NC(=O)c1cc(C)cc(C(F)(F)F)c1. The second-order valence-electron chi connectivity index (χ2n) is 5.65. The zero-order valence-corrected chi connectivity index (χ0v) is 14.3. The highest BCUT2D eigenvalue weighted by molar-refractivity contribution is 5.96. The third-order valence-corrected chi connectivity index (χ3v) is 3.59. The van der Waals surface area contributed by atoms with Crippen LogP contribution in [0.4, 0.5) is 13.2 Å². The molecule has 2 amide bonds. The lowest BCUT2D eigenvalue weighted by molar-refractivity contribution is -0.137. The number of hydrogen-bond donors (Lipinski definition) is 2. The molecule has 1 atom stereocenters. The summed E-state index contributed by atoms with van der Waals surface area (Å²) < 4.78 is 38.8. The largest absolute Gasteiger partial charge is 0.416 e. The van der Waals surface area contributed by atoms with Crippen molar-refractivity contribution < 1.29 is 22.8 Å². The molecule has 0 spiro atoms. The van der Waals surface area contributed by atoms with Gasteiger partial charge in [0.1, 0.15) is 0 Å². The van der Waals surface area contributed by atoms with Crippen LogP contribution in [0.15, 0.2) is 30.6 Å². The number of alkyl halides is 3. The molecule has 0 bridgehead atoms. The fourth-order valence-electron chi connectivity index (χ4n) is 2.39. The maximum atomic E-state index is 12.9. The van der Waals surface area contributed by atoms with Gasteiger partial charge in [0.25, 0.3) is 11.8 Å². The van der Waals surface area contributed by atoms with Crippen molar-refractivity contribution in [2.24, 2.45) is 0 Å². The van der Waals surface area contributed by atoms with Crippen LogP contribution >= 0.6 is 0 Å². The predicted octanol–water partition coefficient (Wildman–Crippen LogP) is 2.65. The normalized spacial score (nSPS) is 12.4. The van der Waals surface area contributed by atoms with Crippen molar-refractivity contribution in [1.29, 1.82) is 0 Å². The van der Waals surface area contributed by atoms with Crippen LogP contribution in [0, 0.1) is 6.92 Å². The van der Waals surface area contributed by atoms with Gasteiger partial charge < -0.3 is 10.6 Å². The van der Waals surface area contributed by atoms with E-state index in [1.165, 1.54) is 32.4 Å². The zero-order chi connectivity index (χ0) is 19.5. The number of benzene rings is 1. The topological polar surface area (TPSA) is 84.0 Å². The molecule has 9 heteroatoms. The Labute approximate surface area is 147 Å². The second kappa shape index (κ2) is 7.51. The van der Waals surface area contributed by atoms with E-state index in [4.69, 9.17) is 0 Å². The lowest BCUT2D eigenvalue weighted by Crippen LogP contribution is -2.31. The standard InChI is InChI=1S/C17H17F3N4O2/c1-9-6-11(8-12(7-9)17(18,19)20)15(25)24-10(2)13-14(16(26)21-3)23-5-4-22-13/h4-8,10H,1-3H3,(H,21,26)(H,24,25). The fraction of sp³-hybridized carbons (Fsp3) is 0.294. The van der Waals surface area contributed by atoms with Gasteiger partial charge in [0.2, 0.25) is 0 Å². The van der Waals surface area contributed by atoms with Crippen LogP contribution in [0.1, 0.15) is 50.6 Å². The highest BCUT2D eigenvalue weighted by Crippen LogP contribution is 2.30. The number of carbonyl (C=O) groups is 2. The van der Waals surface area contributed by atoms with Gasteiger partial charge in [-0.15, -0.1) is 0 Å². The Balaban J connectivity index is 2.29. The minimum Gasteiger partial charge on any atom is -0.354 e. The highest BCUT2D eigenvalue weighted by atomic mass is 19.4. The molecule has 2 aromatic rings. The lowest BCUT2D eigenvalue weighted by atomic mass is 10.0. The van der Waals surface area contributed by atoms with E-state index in [-0.39, 0.29) is 17.0 Å². The summed E-state index contributed by atoms with van der Waals surface area (Å²) in [6, 6.07) is 2.37. The first-order valence-corrected chi connectivity index (χ1v) is 7.66. The number of hydrogen-bond acceptors (Lipinski definition) is 4. The molecule has 1 aromatic carbocycles. The molecule has 0 aliphatic heterocycles. The summed E-state index contributed by atoms with van der Waals surface area (Å²) in [5.74, 6) is -1.19. The summed E-state index contributed by atoms with van der Waals surface area (Å²) in [6.45, 7) is 3.04. The van der Waals surface area contributed by atoms with Crippen LogP contribution in [0.3, 0.4) is 0 Å². The second-order valence-corrected chi connectivity index (χ2v) is 5.65. The van der Waals surface area contributed by atoms with E-state index in [9.17, 15) is 22.8 Å². The monoisotopic (exact) mass is 366 g/mol. The van der Waals surface area contributed by atoms with E-state index >= 15 is 0 Å². The van der Waals surface area contributed by atoms with Gasteiger partial charge >= 0.3 is 6.18 Å². The molecule has 138 valence electrons. The van der Waals surface area contributed by atoms with Crippen LogP contribution in [0.5, 0.6) is 0 Å². The van der Waals surface area contributed by atoms with Crippen molar-refractivity contribution in [3.05, 3.63) is 58.7 Å². The summed E-state index contributed by atoms with van der Waals surface area (Å²) in [7, 11) is 1.43. The summed E-state index contributed by atoms with van der Waals surface area (Å²) >= 11 is 0. The van der Waals surface area contributed by atoms with Crippen LogP contribution in [-0.2, 0) is 6.18 Å². The van der Waals surface area contributed by atoms with Crippen molar-refractivity contribution in [2.45, 2.75) is 26.1 Å². The third-order valence-electron chi connectivity index (χ3n) is 3.59. The molecule has 0 aliphatic carbocycles. The Morgan fingerprint density at radius 3 is 2.35 bits per heavy atom. The lowest BCUT2D eigenvalue weighted by Gasteiger charge is -2.16. The van der Waals surface area contributed by atoms with Crippen molar-refractivity contribution in [1.82, 2.24) is 20.6 Å². The van der Waals surface area contributed by atoms with Gasteiger partial charge in [0.05, 0.1) is 17.3 Å². The minimum absolute atomic E-state index is 0.0306. The predicted molar refractivity (Wildman–Crippen MR) is 87.5 cm³/mol. The number of nitrogens with zero attached hydrogens (tertiary/aromatic N) is 2. The third kappa shape index (κ3) is 4.35. The van der Waals surface area contributed by atoms with E-state index in [2.05, 4.69) is 20.6 Å². The Kier molecular flexibility index (Phi) is 5.59. The summed E-state index contributed by atoms with van der Waals surface area (Å²) in [5.41, 5.74) is -0.481.